The Morgan fingerprint density at radius 1 is 1.13 bits per heavy atom. The first-order chi connectivity index (χ1) is 11.2. The second-order valence-corrected chi connectivity index (χ2v) is 4.73. The number of halogens is 1. The van der Waals surface area contributed by atoms with E-state index in [9.17, 15) is 0 Å². The quantitative estimate of drug-likeness (QED) is 0.767. The maximum atomic E-state index is 5.83. The maximum absolute atomic E-state index is 5.83. The Bertz CT molecular complexity index is 809. The van der Waals surface area contributed by atoms with Crippen LogP contribution in [0.15, 0.2) is 36.9 Å². The van der Waals surface area contributed by atoms with E-state index in [0.29, 0.717) is 5.75 Å². The summed E-state index contributed by atoms with van der Waals surface area (Å²) >= 11 is 5.83. The summed E-state index contributed by atoms with van der Waals surface area (Å²) in [6.07, 6.45) is 5.23. The van der Waals surface area contributed by atoms with Gasteiger partial charge in [-0.2, -0.15) is 15.0 Å². The highest BCUT2D eigenvalue weighted by Crippen LogP contribution is 2.28. The van der Waals surface area contributed by atoms with Crippen molar-refractivity contribution in [3.63, 3.8) is 0 Å². The molecule has 3 aromatic rings. The van der Waals surface area contributed by atoms with E-state index in [1.165, 1.54) is 7.11 Å². The fourth-order valence-electron chi connectivity index (χ4n) is 1.98. The topological polar surface area (TPSA) is 87.0 Å². The molecule has 0 aliphatic heterocycles. The SMILES string of the molecule is COc1nc(Cl)nc(Nc2ccc(-n3ccnc3)c(OC)c2)n1. The molecule has 0 amide bonds. The van der Waals surface area contributed by atoms with Crippen LogP contribution in [0.1, 0.15) is 0 Å². The lowest BCUT2D eigenvalue weighted by Gasteiger charge is -2.12. The van der Waals surface area contributed by atoms with Gasteiger partial charge < -0.3 is 19.4 Å². The number of benzene rings is 1. The highest BCUT2D eigenvalue weighted by atomic mass is 35.5. The number of methoxy groups -OCH3 is 2. The molecular formula is C14H13ClN6O2. The smallest absolute Gasteiger partial charge is 0.322 e. The first kappa shape index (κ1) is 15.0. The van der Waals surface area contributed by atoms with E-state index in [1.807, 2.05) is 29.0 Å². The van der Waals surface area contributed by atoms with Gasteiger partial charge in [0.2, 0.25) is 11.2 Å². The Morgan fingerprint density at radius 3 is 2.70 bits per heavy atom. The van der Waals surface area contributed by atoms with Crippen LogP contribution >= 0.6 is 11.6 Å². The standard InChI is InChI=1S/C14H13ClN6O2/c1-22-11-7-9(3-4-10(11)21-6-5-16-8-21)17-13-18-12(15)19-14(20-13)23-2/h3-8H,1-2H3,(H,17,18,19,20). The van der Waals surface area contributed by atoms with Gasteiger partial charge in [-0.3, -0.25) is 0 Å². The molecule has 9 heteroatoms. The summed E-state index contributed by atoms with van der Waals surface area (Å²) in [4.78, 5) is 15.9. The van der Waals surface area contributed by atoms with E-state index in [-0.39, 0.29) is 17.2 Å². The molecule has 0 spiro atoms. The van der Waals surface area contributed by atoms with Gasteiger partial charge in [-0.05, 0) is 23.7 Å². The van der Waals surface area contributed by atoms with Crippen LogP contribution in [-0.4, -0.2) is 38.7 Å². The lowest BCUT2D eigenvalue weighted by Crippen LogP contribution is -2.02. The van der Waals surface area contributed by atoms with Crippen LogP contribution in [-0.2, 0) is 0 Å². The van der Waals surface area contributed by atoms with Gasteiger partial charge in [0.1, 0.15) is 5.75 Å². The summed E-state index contributed by atoms with van der Waals surface area (Å²) in [6, 6.07) is 5.71. The van der Waals surface area contributed by atoms with Crippen molar-refractivity contribution in [3.8, 4) is 17.4 Å². The lowest BCUT2D eigenvalue weighted by molar-refractivity contribution is 0.379. The summed E-state index contributed by atoms with van der Waals surface area (Å²) in [5.41, 5.74) is 1.59. The molecule has 23 heavy (non-hydrogen) atoms. The van der Waals surface area contributed by atoms with Crippen molar-refractivity contribution in [3.05, 3.63) is 42.2 Å². The van der Waals surface area contributed by atoms with E-state index in [1.54, 1.807) is 19.6 Å². The van der Waals surface area contributed by atoms with Crippen molar-refractivity contribution in [2.45, 2.75) is 0 Å². The van der Waals surface area contributed by atoms with Gasteiger partial charge in [0.05, 0.1) is 26.2 Å². The van der Waals surface area contributed by atoms with Crippen LogP contribution in [0.2, 0.25) is 5.28 Å². The Hall–Kier alpha value is -2.87. The summed E-state index contributed by atoms with van der Waals surface area (Å²) in [5.74, 6) is 0.944. The van der Waals surface area contributed by atoms with Crippen molar-refractivity contribution < 1.29 is 9.47 Å². The van der Waals surface area contributed by atoms with Crippen LogP contribution in [0.4, 0.5) is 11.6 Å². The van der Waals surface area contributed by atoms with Crippen molar-refractivity contribution in [1.82, 2.24) is 24.5 Å². The van der Waals surface area contributed by atoms with Crippen LogP contribution in [0, 0.1) is 0 Å². The molecule has 0 aliphatic carbocycles. The van der Waals surface area contributed by atoms with Gasteiger partial charge in [0, 0.05) is 24.1 Å². The predicted octanol–water partition coefficient (Wildman–Crippen LogP) is 2.47. The molecule has 1 N–H and O–H groups in total. The van der Waals surface area contributed by atoms with E-state index in [0.717, 1.165) is 11.4 Å². The number of ether oxygens (including phenoxy) is 2. The fourth-order valence-corrected chi connectivity index (χ4v) is 2.13. The molecule has 0 bridgehead atoms. The largest absolute Gasteiger partial charge is 0.494 e. The van der Waals surface area contributed by atoms with E-state index < -0.39 is 0 Å². The molecule has 3 rings (SSSR count). The molecule has 118 valence electrons. The van der Waals surface area contributed by atoms with Crippen LogP contribution in [0.25, 0.3) is 5.69 Å². The number of aromatic nitrogens is 5. The zero-order valence-electron chi connectivity index (χ0n) is 12.4. The minimum atomic E-state index is 0.0429. The lowest BCUT2D eigenvalue weighted by atomic mass is 10.2. The average molecular weight is 333 g/mol. The van der Waals surface area contributed by atoms with Crippen molar-refractivity contribution in [2.75, 3.05) is 19.5 Å². The van der Waals surface area contributed by atoms with Gasteiger partial charge >= 0.3 is 6.01 Å². The molecular weight excluding hydrogens is 320 g/mol. The second-order valence-electron chi connectivity index (χ2n) is 4.40. The van der Waals surface area contributed by atoms with Crippen molar-refractivity contribution >= 4 is 23.2 Å². The number of nitrogens with one attached hydrogen (secondary N) is 1. The molecule has 0 radical (unpaired) electrons. The van der Waals surface area contributed by atoms with Crippen LogP contribution in [0.3, 0.4) is 0 Å². The zero-order valence-corrected chi connectivity index (χ0v) is 13.2. The number of nitrogens with zero attached hydrogens (tertiary/aromatic N) is 5. The first-order valence-corrected chi connectivity index (χ1v) is 6.96. The third-order valence-electron chi connectivity index (χ3n) is 2.99. The Labute approximate surface area is 137 Å². The highest BCUT2D eigenvalue weighted by Gasteiger charge is 2.09. The first-order valence-electron chi connectivity index (χ1n) is 6.58. The Morgan fingerprint density at radius 2 is 2.00 bits per heavy atom. The zero-order chi connectivity index (χ0) is 16.2. The summed E-state index contributed by atoms with van der Waals surface area (Å²) in [6.45, 7) is 0. The predicted molar refractivity (Wildman–Crippen MR) is 84.8 cm³/mol. The van der Waals surface area contributed by atoms with Crippen LogP contribution < -0.4 is 14.8 Å². The van der Waals surface area contributed by atoms with Crippen LogP contribution in [0.5, 0.6) is 11.8 Å². The van der Waals surface area contributed by atoms with Gasteiger partial charge in [-0.25, -0.2) is 4.98 Å². The molecule has 2 heterocycles. The van der Waals surface area contributed by atoms with Crippen molar-refractivity contribution in [1.29, 1.82) is 0 Å². The second kappa shape index (κ2) is 6.49. The van der Waals surface area contributed by atoms with Gasteiger partial charge in [-0.15, -0.1) is 0 Å². The van der Waals surface area contributed by atoms with Gasteiger partial charge in [-0.1, -0.05) is 0 Å². The molecule has 0 fully saturated rings. The molecule has 2 aromatic heterocycles. The molecule has 0 atom stereocenters. The van der Waals surface area contributed by atoms with Gasteiger partial charge in [0.15, 0.2) is 0 Å². The fraction of sp³-hybridized carbons (Fsp3) is 0.143. The summed E-state index contributed by atoms with van der Waals surface area (Å²) in [5, 5.41) is 3.08. The molecule has 0 saturated carbocycles. The minimum absolute atomic E-state index is 0.0429. The monoisotopic (exact) mass is 332 g/mol. The minimum Gasteiger partial charge on any atom is -0.494 e. The molecule has 0 saturated heterocycles. The normalized spacial score (nSPS) is 10.4. The highest BCUT2D eigenvalue weighted by molar-refractivity contribution is 6.28. The Kier molecular flexibility index (Phi) is 4.24. The number of anilines is 2. The molecule has 0 aliphatic rings. The number of hydrogen-bond acceptors (Lipinski definition) is 7. The summed E-state index contributed by atoms with van der Waals surface area (Å²) in [7, 11) is 3.06. The van der Waals surface area contributed by atoms with E-state index in [2.05, 4.69) is 25.3 Å². The Balaban J connectivity index is 1.91. The molecule has 8 nitrogen and oxygen atoms in total. The molecule has 1 aromatic carbocycles. The third kappa shape index (κ3) is 3.32. The summed E-state index contributed by atoms with van der Waals surface area (Å²) < 4.78 is 12.2. The van der Waals surface area contributed by atoms with Gasteiger partial charge in [0.25, 0.3) is 0 Å². The van der Waals surface area contributed by atoms with Crippen molar-refractivity contribution in [2.24, 2.45) is 0 Å². The third-order valence-corrected chi connectivity index (χ3v) is 3.16. The maximum Gasteiger partial charge on any atom is 0.322 e. The number of hydrogen-bond donors (Lipinski definition) is 1. The van der Waals surface area contributed by atoms with E-state index in [4.69, 9.17) is 21.1 Å². The number of rotatable bonds is 5. The average Bonchev–Trinajstić information content (AvgIpc) is 3.08. The molecule has 0 unspecified atom stereocenters. The number of imidazole rings is 1. The van der Waals surface area contributed by atoms with E-state index >= 15 is 0 Å².